The van der Waals surface area contributed by atoms with Crippen molar-refractivity contribution in [1.29, 1.82) is 0 Å². The molecule has 0 saturated heterocycles. The van der Waals surface area contributed by atoms with E-state index in [1.54, 1.807) is 12.4 Å². The molecule has 4 nitrogen and oxygen atoms in total. The van der Waals surface area contributed by atoms with Crippen molar-refractivity contribution < 1.29 is 0 Å². The summed E-state index contributed by atoms with van der Waals surface area (Å²) in [4.78, 5) is 16.4. The lowest BCUT2D eigenvalue weighted by Crippen LogP contribution is -1.99. The molecule has 0 spiro atoms. The van der Waals surface area contributed by atoms with Crippen LogP contribution in [0.1, 0.15) is 18.2 Å². The zero-order valence-corrected chi connectivity index (χ0v) is 12.2. The van der Waals surface area contributed by atoms with E-state index in [9.17, 15) is 0 Å². The van der Waals surface area contributed by atoms with Crippen LogP contribution in [0.3, 0.4) is 0 Å². The third kappa shape index (κ3) is 2.20. The van der Waals surface area contributed by atoms with E-state index in [-0.39, 0.29) is 0 Å². The largest absolute Gasteiger partial charge is 0.343 e. The molecule has 5 heteroatoms. The number of aromatic amines is 1. The van der Waals surface area contributed by atoms with Crippen molar-refractivity contribution in [2.24, 2.45) is 0 Å². The summed E-state index contributed by atoms with van der Waals surface area (Å²) in [6.45, 7) is 4.11. The normalized spacial score (nSPS) is 10.9. The van der Waals surface area contributed by atoms with E-state index in [1.165, 1.54) is 0 Å². The van der Waals surface area contributed by atoms with Crippen molar-refractivity contribution >= 4 is 23.3 Å². The van der Waals surface area contributed by atoms with Crippen LogP contribution in [0.25, 0.3) is 22.4 Å². The van der Waals surface area contributed by atoms with Crippen LogP contribution in [0, 0.1) is 11.6 Å². The van der Waals surface area contributed by atoms with Gasteiger partial charge in [-0.25, -0.2) is 4.98 Å². The van der Waals surface area contributed by atoms with Gasteiger partial charge in [0.15, 0.2) is 0 Å². The van der Waals surface area contributed by atoms with Gasteiger partial charge < -0.3 is 4.98 Å². The van der Waals surface area contributed by atoms with E-state index in [1.807, 2.05) is 25.1 Å². The molecule has 3 rings (SSSR count). The van der Waals surface area contributed by atoms with Crippen molar-refractivity contribution in [2.75, 3.05) is 0 Å². The van der Waals surface area contributed by atoms with E-state index >= 15 is 0 Å². The second-order valence-electron chi connectivity index (χ2n) is 4.61. The molecule has 0 unspecified atom stereocenters. The van der Waals surface area contributed by atoms with Gasteiger partial charge in [-0.05, 0) is 31.5 Å². The lowest BCUT2D eigenvalue weighted by atomic mass is 10.1. The molecule has 2 aromatic heterocycles. The minimum Gasteiger partial charge on any atom is -0.343 e. The van der Waals surface area contributed by atoms with Gasteiger partial charge in [0.05, 0.1) is 11.0 Å². The Morgan fingerprint density at radius 1 is 1.15 bits per heavy atom. The highest BCUT2D eigenvalue weighted by Gasteiger charge is 2.07. The van der Waals surface area contributed by atoms with E-state index < -0.39 is 0 Å². The fourth-order valence-corrected chi connectivity index (χ4v) is 2.66. The van der Waals surface area contributed by atoms with Gasteiger partial charge in [-0.1, -0.05) is 19.1 Å². The Balaban J connectivity index is 2.18. The van der Waals surface area contributed by atoms with E-state index in [4.69, 9.17) is 12.2 Å². The lowest BCUT2D eigenvalue weighted by molar-refractivity contribution is 0.990. The topological polar surface area (TPSA) is 54.5 Å². The standard InChI is InChI=1S/C15H14N4S/c1-3-11-9(2)18-14(19-15(11)20)10-4-5-12-13(8-10)17-7-6-16-12/h4-8H,3H2,1-2H3,(H,18,19,20). The first-order valence-corrected chi connectivity index (χ1v) is 6.91. The van der Waals surface area contributed by atoms with Crippen molar-refractivity contribution in [3.63, 3.8) is 0 Å². The second kappa shape index (κ2) is 5.09. The predicted molar refractivity (Wildman–Crippen MR) is 82.1 cm³/mol. The van der Waals surface area contributed by atoms with E-state index in [0.29, 0.717) is 4.64 Å². The third-order valence-electron chi connectivity index (χ3n) is 3.33. The van der Waals surface area contributed by atoms with Gasteiger partial charge in [0.25, 0.3) is 0 Å². The van der Waals surface area contributed by atoms with Gasteiger partial charge >= 0.3 is 0 Å². The summed E-state index contributed by atoms with van der Waals surface area (Å²) >= 11 is 5.36. The van der Waals surface area contributed by atoms with Crippen LogP contribution in [-0.2, 0) is 6.42 Å². The summed E-state index contributed by atoms with van der Waals surface area (Å²) in [5.74, 6) is 0.775. The Kier molecular flexibility index (Phi) is 3.28. The molecule has 0 amide bonds. The Morgan fingerprint density at radius 3 is 2.60 bits per heavy atom. The molecule has 1 aromatic carbocycles. The van der Waals surface area contributed by atoms with Crippen LogP contribution in [0.4, 0.5) is 0 Å². The van der Waals surface area contributed by atoms with Crippen LogP contribution in [0.5, 0.6) is 0 Å². The highest BCUT2D eigenvalue weighted by atomic mass is 32.1. The third-order valence-corrected chi connectivity index (χ3v) is 3.66. The first-order chi connectivity index (χ1) is 9.69. The summed E-state index contributed by atoms with van der Waals surface area (Å²) in [7, 11) is 0. The number of rotatable bonds is 2. The molecule has 0 aliphatic carbocycles. The van der Waals surface area contributed by atoms with Crippen molar-refractivity contribution in [3.8, 4) is 11.4 Å². The van der Waals surface area contributed by atoms with E-state index in [0.717, 1.165) is 40.1 Å². The zero-order chi connectivity index (χ0) is 14.1. The first-order valence-electron chi connectivity index (χ1n) is 6.50. The molecule has 0 radical (unpaired) electrons. The Bertz CT molecular complexity index is 839. The highest BCUT2D eigenvalue weighted by Crippen LogP contribution is 2.21. The molecule has 0 atom stereocenters. The number of nitrogens with one attached hydrogen (secondary N) is 1. The van der Waals surface area contributed by atoms with Crippen molar-refractivity contribution in [3.05, 3.63) is 46.5 Å². The summed E-state index contributed by atoms with van der Waals surface area (Å²) in [6.07, 6.45) is 4.26. The minimum atomic E-state index is 0.665. The molecule has 100 valence electrons. The van der Waals surface area contributed by atoms with Crippen LogP contribution >= 0.6 is 12.2 Å². The highest BCUT2D eigenvalue weighted by molar-refractivity contribution is 7.71. The summed E-state index contributed by atoms with van der Waals surface area (Å²) in [6, 6.07) is 5.90. The maximum atomic E-state index is 5.36. The predicted octanol–water partition coefficient (Wildman–Crippen LogP) is 3.62. The Hall–Kier alpha value is -2.14. The lowest BCUT2D eigenvalue weighted by Gasteiger charge is -2.08. The van der Waals surface area contributed by atoms with Gasteiger partial charge in [-0.15, -0.1) is 0 Å². The van der Waals surface area contributed by atoms with Crippen molar-refractivity contribution in [1.82, 2.24) is 19.9 Å². The fraction of sp³-hybridized carbons (Fsp3) is 0.200. The number of aryl methyl sites for hydroxylation is 1. The Labute approximate surface area is 122 Å². The first kappa shape index (κ1) is 12.9. The molecule has 0 aliphatic heterocycles. The molecule has 0 saturated carbocycles. The number of fused-ring (bicyclic) bond motifs is 1. The number of hydrogen-bond acceptors (Lipinski definition) is 4. The van der Waals surface area contributed by atoms with Crippen LogP contribution < -0.4 is 0 Å². The molecular weight excluding hydrogens is 268 g/mol. The maximum absolute atomic E-state index is 5.36. The average Bonchev–Trinajstić information content (AvgIpc) is 2.46. The molecule has 0 aliphatic rings. The quantitative estimate of drug-likeness (QED) is 0.729. The van der Waals surface area contributed by atoms with Crippen LogP contribution in [-0.4, -0.2) is 19.9 Å². The number of benzene rings is 1. The number of aromatic nitrogens is 4. The maximum Gasteiger partial charge on any atom is 0.139 e. The molecule has 0 fully saturated rings. The average molecular weight is 282 g/mol. The summed E-state index contributed by atoms with van der Waals surface area (Å²) in [5.41, 5.74) is 4.86. The fourth-order valence-electron chi connectivity index (χ4n) is 2.27. The van der Waals surface area contributed by atoms with Crippen LogP contribution in [0.2, 0.25) is 0 Å². The number of H-pyrrole nitrogens is 1. The van der Waals surface area contributed by atoms with Crippen LogP contribution in [0.15, 0.2) is 30.6 Å². The SMILES string of the molecule is CCc1c(C)[nH]c(-c2ccc3nccnc3c2)nc1=S. The zero-order valence-electron chi connectivity index (χ0n) is 11.3. The monoisotopic (exact) mass is 282 g/mol. The van der Waals surface area contributed by atoms with Gasteiger partial charge in [-0.3, -0.25) is 9.97 Å². The Morgan fingerprint density at radius 2 is 1.90 bits per heavy atom. The number of hydrogen-bond donors (Lipinski definition) is 1. The second-order valence-corrected chi connectivity index (χ2v) is 4.99. The minimum absolute atomic E-state index is 0.665. The number of nitrogens with zero attached hydrogens (tertiary/aromatic N) is 3. The van der Waals surface area contributed by atoms with Gasteiger partial charge in [0, 0.05) is 29.2 Å². The molecule has 1 N–H and O–H groups in total. The van der Waals surface area contributed by atoms with Crippen molar-refractivity contribution in [2.45, 2.75) is 20.3 Å². The molecule has 0 bridgehead atoms. The van der Waals surface area contributed by atoms with Gasteiger partial charge in [0.2, 0.25) is 0 Å². The van der Waals surface area contributed by atoms with Gasteiger partial charge in [-0.2, -0.15) is 0 Å². The molecule has 2 heterocycles. The summed E-state index contributed by atoms with van der Waals surface area (Å²) in [5, 5.41) is 0. The molecular formula is C15H14N4S. The molecule has 3 aromatic rings. The van der Waals surface area contributed by atoms with E-state index in [2.05, 4.69) is 26.9 Å². The smallest absolute Gasteiger partial charge is 0.139 e. The summed E-state index contributed by atoms with van der Waals surface area (Å²) < 4.78 is 0.665. The molecule has 20 heavy (non-hydrogen) atoms. The van der Waals surface area contributed by atoms with Gasteiger partial charge in [0.1, 0.15) is 10.5 Å².